The molecule has 0 amide bonds. The summed E-state index contributed by atoms with van der Waals surface area (Å²) in [4.78, 5) is 2.31. The Balaban J connectivity index is 0.00000294. The highest BCUT2D eigenvalue weighted by atomic mass is 35.5. The molecule has 0 saturated carbocycles. The Morgan fingerprint density at radius 3 is 2.63 bits per heavy atom. The van der Waals surface area contributed by atoms with Gasteiger partial charge in [-0.2, -0.15) is 0 Å². The molecule has 2 aliphatic rings. The van der Waals surface area contributed by atoms with E-state index in [1.165, 1.54) is 5.56 Å². The summed E-state index contributed by atoms with van der Waals surface area (Å²) in [6.45, 7) is 5.79. The third kappa shape index (κ3) is 5.60. The summed E-state index contributed by atoms with van der Waals surface area (Å²) >= 11 is 0. The molecule has 4 heterocycles. The molecule has 10 heteroatoms. The number of hydrogen-bond acceptors (Lipinski definition) is 9. The molecule has 0 bridgehead atoms. The van der Waals surface area contributed by atoms with Crippen LogP contribution in [0.3, 0.4) is 0 Å². The van der Waals surface area contributed by atoms with Crippen LogP contribution in [0.15, 0.2) is 51.3 Å². The average molecular weight is 542 g/mol. The fourth-order valence-corrected chi connectivity index (χ4v) is 5.06. The zero-order valence-corrected chi connectivity index (χ0v) is 22.1. The molecule has 1 N–H and O–H groups in total. The molecular weight excluding hydrogens is 510 g/mol. The van der Waals surface area contributed by atoms with E-state index < -0.39 is 6.10 Å². The van der Waals surface area contributed by atoms with Gasteiger partial charge in [0.15, 0.2) is 17.3 Å². The first-order valence-corrected chi connectivity index (χ1v) is 12.9. The second kappa shape index (κ2) is 11.6. The minimum Gasteiger partial charge on any atom is -0.490 e. The van der Waals surface area contributed by atoms with Crippen molar-refractivity contribution < 1.29 is 28.2 Å². The van der Waals surface area contributed by atoms with Gasteiger partial charge in [0.1, 0.15) is 37.3 Å². The van der Waals surface area contributed by atoms with E-state index in [1.807, 2.05) is 37.3 Å². The van der Waals surface area contributed by atoms with Crippen LogP contribution >= 0.6 is 12.4 Å². The van der Waals surface area contributed by atoms with Gasteiger partial charge in [-0.25, -0.2) is 0 Å². The minimum atomic E-state index is -0.601. The van der Waals surface area contributed by atoms with E-state index in [2.05, 4.69) is 27.2 Å². The summed E-state index contributed by atoms with van der Waals surface area (Å²) in [5.74, 6) is 4.22. The lowest BCUT2D eigenvalue weighted by molar-refractivity contribution is 0.0599. The fourth-order valence-electron chi connectivity index (χ4n) is 5.06. The molecule has 2 aromatic heterocycles. The molecule has 1 atom stereocenters. The molecule has 202 valence electrons. The standard InChI is InChI=1S/C28H31N3O6.ClH/c1-2-27-29-30-28(37-27)26-15-21-22(4-3-5-23(21)36-26)35-17-20(32)16-31-10-8-18(9-11-31)19-6-7-24-25(14-19)34-13-12-33-24;/h3-7,14-15,18,20,32H,2,8-13,16-17H2,1H3;1H/t20-;/m0./s1. The number of benzene rings is 2. The number of furan rings is 1. The number of piperidine rings is 1. The number of aliphatic hydroxyl groups is 1. The highest BCUT2D eigenvalue weighted by Crippen LogP contribution is 2.37. The molecule has 2 aliphatic heterocycles. The largest absolute Gasteiger partial charge is 0.490 e. The van der Waals surface area contributed by atoms with Gasteiger partial charge in [-0.15, -0.1) is 22.6 Å². The molecule has 38 heavy (non-hydrogen) atoms. The monoisotopic (exact) mass is 541 g/mol. The number of ether oxygens (including phenoxy) is 3. The Labute approximate surface area is 227 Å². The number of rotatable bonds is 8. The average Bonchev–Trinajstić information content (AvgIpc) is 3.59. The van der Waals surface area contributed by atoms with E-state index in [0.717, 1.165) is 42.8 Å². The van der Waals surface area contributed by atoms with Gasteiger partial charge in [-0.3, -0.25) is 0 Å². The summed E-state index contributed by atoms with van der Waals surface area (Å²) in [5, 5.41) is 19.6. The lowest BCUT2D eigenvalue weighted by Gasteiger charge is -2.33. The van der Waals surface area contributed by atoms with Crippen molar-refractivity contribution in [2.75, 3.05) is 39.5 Å². The maximum Gasteiger partial charge on any atom is 0.283 e. The van der Waals surface area contributed by atoms with Gasteiger partial charge < -0.3 is 33.1 Å². The second-order valence-electron chi connectivity index (χ2n) is 9.58. The third-order valence-corrected chi connectivity index (χ3v) is 7.03. The molecular formula is C28H32ClN3O6. The number of hydrogen-bond donors (Lipinski definition) is 1. The molecule has 2 aromatic carbocycles. The van der Waals surface area contributed by atoms with Crippen LogP contribution in [-0.4, -0.2) is 65.8 Å². The molecule has 9 nitrogen and oxygen atoms in total. The van der Waals surface area contributed by atoms with Gasteiger partial charge in [0.2, 0.25) is 5.89 Å². The summed E-state index contributed by atoms with van der Waals surface area (Å²) < 4.78 is 28.9. The van der Waals surface area contributed by atoms with Crippen LogP contribution in [-0.2, 0) is 6.42 Å². The molecule has 0 unspecified atom stereocenters. The number of halogens is 1. The second-order valence-corrected chi connectivity index (χ2v) is 9.58. The SMILES string of the molecule is CCc1nnc(-c2cc3c(OC[C@@H](O)CN4CCC(c5ccc6c(c5)OCCO6)CC4)cccc3o2)o1.Cl. The van der Waals surface area contributed by atoms with Crippen molar-refractivity contribution in [3.63, 3.8) is 0 Å². The quantitative estimate of drug-likeness (QED) is 0.335. The number of aryl methyl sites for hydroxylation is 1. The number of nitrogens with zero attached hydrogens (tertiary/aromatic N) is 3. The molecule has 1 saturated heterocycles. The van der Waals surface area contributed by atoms with Gasteiger partial charge in [0, 0.05) is 19.0 Å². The van der Waals surface area contributed by atoms with E-state index in [-0.39, 0.29) is 19.0 Å². The Morgan fingerprint density at radius 1 is 1.03 bits per heavy atom. The lowest BCUT2D eigenvalue weighted by atomic mass is 9.89. The topological polar surface area (TPSA) is 103 Å². The van der Waals surface area contributed by atoms with Crippen molar-refractivity contribution in [2.45, 2.75) is 38.2 Å². The van der Waals surface area contributed by atoms with Gasteiger partial charge in [0.25, 0.3) is 5.89 Å². The smallest absolute Gasteiger partial charge is 0.283 e. The number of aliphatic hydroxyl groups excluding tert-OH is 1. The maximum atomic E-state index is 10.7. The van der Waals surface area contributed by atoms with Crippen LogP contribution < -0.4 is 14.2 Å². The molecule has 0 radical (unpaired) electrons. The van der Waals surface area contributed by atoms with Gasteiger partial charge >= 0.3 is 0 Å². The van der Waals surface area contributed by atoms with Gasteiger partial charge in [-0.05, 0) is 61.7 Å². The van der Waals surface area contributed by atoms with E-state index in [9.17, 15) is 5.11 Å². The highest BCUT2D eigenvalue weighted by Gasteiger charge is 2.24. The summed E-state index contributed by atoms with van der Waals surface area (Å²) in [6, 6.07) is 13.7. The first-order valence-electron chi connectivity index (χ1n) is 12.9. The number of aromatic nitrogens is 2. The summed E-state index contributed by atoms with van der Waals surface area (Å²) in [7, 11) is 0. The van der Waals surface area contributed by atoms with E-state index in [1.54, 1.807) is 0 Å². The summed E-state index contributed by atoms with van der Waals surface area (Å²) in [5.41, 5.74) is 1.96. The van der Waals surface area contributed by atoms with Crippen molar-refractivity contribution in [3.05, 3.63) is 53.9 Å². The number of likely N-dealkylation sites (tertiary alicyclic amines) is 1. The Hall–Kier alpha value is -3.27. The number of fused-ring (bicyclic) bond motifs is 2. The van der Waals surface area contributed by atoms with Crippen molar-refractivity contribution in [3.8, 4) is 28.9 Å². The van der Waals surface area contributed by atoms with E-state index in [4.69, 9.17) is 23.0 Å². The van der Waals surface area contributed by atoms with Crippen LogP contribution in [0.4, 0.5) is 0 Å². The van der Waals surface area contributed by atoms with Crippen LogP contribution in [0.25, 0.3) is 22.6 Å². The van der Waals surface area contributed by atoms with Crippen molar-refractivity contribution >= 4 is 23.4 Å². The zero-order chi connectivity index (χ0) is 25.2. The molecule has 0 spiro atoms. The Morgan fingerprint density at radius 2 is 1.84 bits per heavy atom. The molecule has 4 aromatic rings. The molecule has 1 fully saturated rings. The molecule has 0 aliphatic carbocycles. The predicted molar refractivity (Wildman–Crippen MR) is 143 cm³/mol. The first-order chi connectivity index (χ1) is 18.2. The van der Waals surface area contributed by atoms with Crippen molar-refractivity contribution in [2.24, 2.45) is 0 Å². The maximum absolute atomic E-state index is 10.7. The van der Waals surface area contributed by atoms with E-state index in [0.29, 0.717) is 61.0 Å². The predicted octanol–water partition coefficient (Wildman–Crippen LogP) is 4.86. The number of β-amino-alcohol motifs (C(OH)–C–C–N with tert-alkyl or cyclic N) is 1. The first kappa shape index (κ1) is 26.3. The van der Waals surface area contributed by atoms with Crippen LogP contribution in [0.5, 0.6) is 17.2 Å². The normalized spacial score (nSPS) is 16.8. The zero-order valence-electron chi connectivity index (χ0n) is 21.3. The minimum absolute atomic E-state index is 0. The van der Waals surface area contributed by atoms with Gasteiger partial charge in [-0.1, -0.05) is 19.1 Å². The Bertz CT molecular complexity index is 1360. The van der Waals surface area contributed by atoms with Crippen LogP contribution in [0, 0.1) is 0 Å². The summed E-state index contributed by atoms with van der Waals surface area (Å²) in [6.07, 6.45) is 2.14. The van der Waals surface area contributed by atoms with Crippen molar-refractivity contribution in [1.82, 2.24) is 15.1 Å². The fraction of sp³-hybridized carbons (Fsp3) is 0.429. The molecule has 6 rings (SSSR count). The van der Waals surface area contributed by atoms with E-state index >= 15 is 0 Å². The van der Waals surface area contributed by atoms with Gasteiger partial charge in [0.05, 0.1) is 5.39 Å². The van der Waals surface area contributed by atoms with Crippen LogP contribution in [0.2, 0.25) is 0 Å². The third-order valence-electron chi connectivity index (χ3n) is 7.03. The van der Waals surface area contributed by atoms with Crippen molar-refractivity contribution in [1.29, 1.82) is 0 Å². The van der Waals surface area contributed by atoms with Crippen LogP contribution in [0.1, 0.15) is 37.1 Å². The lowest BCUT2D eigenvalue weighted by Crippen LogP contribution is -2.40. The Kier molecular flexibility index (Phi) is 8.06. The highest BCUT2D eigenvalue weighted by molar-refractivity contribution is 5.87.